The third kappa shape index (κ3) is 2.46. The van der Waals surface area contributed by atoms with E-state index in [2.05, 4.69) is 58.5 Å². The summed E-state index contributed by atoms with van der Waals surface area (Å²) in [4.78, 5) is 7.67. The first kappa shape index (κ1) is 13.4. The molecule has 0 radical (unpaired) electrons. The van der Waals surface area contributed by atoms with Crippen LogP contribution in [-0.2, 0) is 12.8 Å². The molecule has 108 valence electrons. The number of fused-ring (bicyclic) bond motifs is 3. The number of aromatic amines is 1. The minimum atomic E-state index is 0.517. The lowest BCUT2D eigenvalue weighted by atomic mass is 10.0. The Bertz CT molecular complexity index is 942. The summed E-state index contributed by atoms with van der Waals surface area (Å²) in [6.07, 6.45) is 2.09. The van der Waals surface area contributed by atoms with Crippen LogP contribution in [0.15, 0.2) is 60.7 Å². The number of halogens is 1. The maximum absolute atomic E-state index is 5.96. The summed E-state index contributed by atoms with van der Waals surface area (Å²) >= 11 is 5.96. The monoisotopic (exact) mass is 306 g/mol. The summed E-state index contributed by atoms with van der Waals surface area (Å²) < 4.78 is 0. The second kappa shape index (κ2) is 5.47. The molecule has 22 heavy (non-hydrogen) atoms. The lowest BCUT2D eigenvalue weighted by Crippen LogP contribution is -1.90. The Morgan fingerprint density at radius 1 is 0.818 bits per heavy atom. The lowest BCUT2D eigenvalue weighted by molar-refractivity contribution is 0.962. The fourth-order valence-electron chi connectivity index (χ4n) is 2.89. The average molecular weight is 307 g/mol. The molecule has 2 aromatic carbocycles. The highest BCUT2D eigenvalue weighted by Gasteiger charge is 2.07. The molecule has 2 nitrogen and oxygen atoms in total. The van der Waals surface area contributed by atoms with E-state index in [4.69, 9.17) is 11.6 Å². The van der Waals surface area contributed by atoms with Gasteiger partial charge in [-0.3, -0.25) is 0 Å². The zero-order valence-corrected chi connectivity index (χ0v) is 12.8. The molecule has 0 bridgehead atoms. The number of rotatable bonds is 3. The molecular weight excluding hydrogens is 292 g/mol. The van der Waals surface area contributed by atoms with E-state index in [0.717, 1.165) is 29.4 Å². The number of hydrogen-bond acceptors (Lipinski definition) is 1. The molecule has 2 heterocycles. The van der Waals surface area contributed by atoms with Crippen LogP contribution in [0.1, 0.15) is 11.1 Å². The van der Waals surface area contributed by atoms with Crippen molar-refractivity contribution >= 4 is 33.5 Å². The Balaban J connectivity index is 1.69. The number of H-pyrrole nitrogens is 1. The highest BCUT2D eigenvalue weighted by atomic mass is 35.5. The number of nitrogens with zero attached hydrogens (tertiary/aromatic N) is 1. The first-order valence-corrected chi connectivity index (χ1v) is 7.78. The van der Waals surface area contributed by atoms with E-state index < -0.39 is 0 Å². The Morgan fingerprint density at radius 3 is 2.50 bits per heavy atom. The van der Waals surface area contributed by atoms with Crippen LogP contribution in [0.4, 0.5) is 0 Å². The van der Waals surface area contributed by atoms with E-state index in [0.29, 0.717) is 5.15 Å². The predicted octanol–water partition coefficient (Wildman–Crippen LogP) is 5.15. The standard InChI is InChI=1S/C19H15ClN2/c20-18-11-9-15-16-12-14(7-6-13-4-2-1-3-5-13)8-10-17(16)21-19(15)22-18/h1-5,8-12H,6-7H2,(H,21,22). The summed E-state index contributed by atoms with van der Waals surface area (Å²) in [7, 11) is 0. The van der Waals surface area contributed by atoms with Crippen LogP contribution < -0.4 is 0 Å². The number of hydrogen-bond donors (Lipinski definition) is 1. The molecule has 0 saturated heterocycles. The van der Waals surface area contributed by atoms with E-state index in [9.17, 15) is 0 Å². The molecule has 0 fully saturated rings. The smallest absolute Gasteiger partial charge is 0.140 e. The third-order valence-corrected chi connectivity index (χ3v) is 4.24. The predicted molar refractivity (Wildman–Crippen MR) is 92.5 cm³/mol. The molecule has 4 aromatic rings. The van der Waals surface area contributed by atoms with Crippen molar-refractivity contribution in [3.8, 4) is 0 Å². The van der Waals surface area contributed by atoms with Crippen molar-refractivity contribution in [3.63, 3.8) is 0 Å². The van der Waals surface area contributed by atoms with Gasteiger partial charge in [0.2, 0.25) is 0 Å². The molecule has 0 aliphatic heterocycles. The van der Waals surface area contributed by atoms with Gasteiger partial charge in [0.15, 0.2) is 0 Å². The van der Waals surface area contributed by atoms with Crippen molar-refractivity contribution in [3.05, 3.63) is 76.9 Å². The van der Waals surface area contributed by atoms with Gasteiger partial charge in [-0.25, -0.2) is 4.98 Å². The molecule has 2 aromatic heterocycles. The quantitative estimate of drug-likeness (QED) is 0.521. The van der Waals surface area contributed by atoms with Gasteiger partial charge in [-0.1, -0.05) is 48.0 Å². The van der Waals surface area contributed by atoms with E-state index in [1.165, 1.54) is 16.5 Å². The first-order valence-electron chi connectivity index (χ1n) is 7.40. The van der Waals surface area contributed by atoms with E-state index >= 15 is 0 Å². The summed E-state index contributed by atoms with van der Waals surface area (Å²) in [5.41, 5.74) is 4.66. The average Bonchev–Trinajstić information content (AvgIpc) is 2.90. The van der Waals surface area contributed by atoms with E-state index in [1.54, 1.807) is 0 Å². The van der Waals surface area contributed by atoms with Crippen molar-refractivity contribution in [1.29, 1.82) is 0 Å². The van der Waals surface area contributed by atoms with Gasteiger partial charge in [-0.05, 0) is 48.2 Å². The zero-order valence-electron chi connectivity index (χ0n) is 12.0. The Morgan fingerprint density at radius 2 is 1.64 bits per heavy atom. The van der Waals surface area contributed by atoms with Crippen LogP contribution in [0.25, 0.3) is 21.9 Å². The van der Waals surface area contributed by atoms with Gasteiger partial charge < -0.3 is 4.98 Å². The fourth-order valence-corrected chi connectivity index (χ4v) is 3.04. The second-order valence-electron chi connectivity index (χ2n) is 5.52. The van der Waals surface area contributed by atoms with Gasteiger partial charge >= 0.3 is 0 Å². The maximum Gasteiger partial charge on any atom is 0.140 e. The van der Waals surface area contributed by atoms with Gasteiger partial charge in [0.1, 0.15) is 10.8 Å². The molecule has 0 spiro atoms. The van der Waals surface area contributed by atoms with Crippen molar-refractivity contribution in [2.45, 2.75) is 12.8 Å². The Kier molecular flexibility index (Phi) is 3.32. The Hall–Kier alpha value is -2.32. The van der Waals surface area contributed by atoms with Crippen molar-refractivity contribution < 1.29 is 0 Å². The zero-order chi connectivity index (χ0) is 14.9. The van der Waals surface area contributed by atoms with Gasteiger partial charge in [0.05, 0.1) is 0 Å². The number of nitrogens with one attached hydrogen (secondary N) is 1. The van der Waals surface area contributed by atoms with Crippen LogP contribution in [0.3, 0.4) is 0 Å². The first-order chi connectivity index (χ1) is 10.8. The fraction of sp³-hybridized carbons (Fsp3) is 0.105. The van der Waals surface area contributed by atoms with Crippen LogP contribution >= 0.6 is 11.6 Å². The van der Waals surface area contributed by atoms with Crippen LogP contribution in [0.2, 0.25) is 5.15 Å². The van der Waals surface area contributed by atoms with Gasteiger partial charge in [0, 0.05) is 16.3 Å². The molecule has 0 atom stereocenters. The van der Waals surface area contributed by atoms with Crippen molar-refractivity contribution in [1.82, 2.24) is 9.97 Å². The maximum atomic E-state index is 5.96. The van der Waals surface area contributed by atoms with E-state index in [-0.39, 0.29) is 0 Å². The number of aromatic nitrogens is 2. The molecule has 4 rings (SSSR count). The topological polar surface area (TPSA) is 28.7 Å². The second-order valence-corrected chi connectivity index (χ2v) is 5.91. The van der Waals surface area contributed by atoms with Crippen LogP contribution in [-0.4, -0.2) is 9.97 Å². The number of benzene rings is 2. The molecule has 0 saturated carbocycles. The Labute approximate surface area is 133 Å². The highest BCUT2D eigenvalue weighted by Crippen LogP contribution is 2.26. The van der Waals surface area contributed by atoms with Crippen molar-refractivity contribution in [2.75, 3.05) is 0 Å². The number of aryl methyl sites for hydroxylation is 2. The highest BCUT2D eigenvalue weighted by molar-refractivity contribution is 6.30. The SMILES string of the molecule is Clc1ccc2c(n1)[nH]c1ccc(CCc3ccccc3)cc12. The van der Waals surface area contributed by atoms with Crippen molar-refractivity contribution in [2.24, 2.45) is 0 Å². The van der Waals surface area contributed by atoms with Gasteiger partial charge in [-0.15, -0.1) is 0 Å². The normalized spacial score (nSPS) is 11.3. The molecule has 0 aliphatic carbocycles. The molecule has 0 unspecified atom stereocenters. The van der Waals surface area contributed by atoms with Gasteiger partial charge in [0.25, 0.3) is 0 Å². The number of pyridine rings is 1. The third-order valence-electron chi connectivity index (χ3n) is 4.03. The van der Waals surface area contributed by atoms with Crippen LogP contribution in [0.5, 0.6) is 0 Å². The molecule has 0 aliphatic rings. The largest absolute Gasteiger partial charge is 0.339 e. The van der Waals surface area contributed by atoms with Crippen LogP contribution in [0, 0.1) is 0 Å². The molecule has 1 N–H and O–H groups in total. The summed E-state index contributed by atoms with van der Waals surface area (Å²) in [6.45, 7) is 0. The van der Waals surface area contributed by atoms with E-state index in [1.807, 2.05) is 12.1 Å². The minimum Gasteiger partial charge on any atom is -0.339 e. The lowest BCUT2D eigenvalue weighted by Gasteiger charge is -2.02. The molecular formula is C19H15ClN2. The van der Waals surface area contributed by atoms with Gasteiger partial charge in [-0.2, -0.15) is 0 Å². The molecule has 0 amide bonds. The minimum absolute atomic E-state index is 0.517. The molecule has 3 heteroatoms. The summed E-state index contributed by atoms with van der Waals surface area (Å²) in [6, 6.07) is 21.0. The summed E-state index contributed by atoms with van der Waals surface area (Å²) in [5, 5.41) is 2.86. The summed E-state index contributed by atoms with van der Waals surface area (Å²) in [5.74, 6) is 0.